The van der Waals surface area contributed by atoms with E-state index in [1.165, 1.54) is 0 Å². The Bertz CT molecular complexity index is 720. The first-order valence-electron chi connectivity index (χ1n) is 9.38. The Morgan fingerprint density at radius 1 is 1.14 bits per heavy atom. The molecule has 0 aromatic heterocycles. The van der Waals surface area contributed by atoms with E-state index in [1.807, 2.05) is 0 Å². The van der Waals surface area contributed by atoms with E-state index in [9.17, 15) is 28.0 Å². The highest BCUT2D eigenvalue weighted by Crippen LogP contribution is 2.42. The summed E-state index contributed by atoms with van der Waals surface area (Å²) in [5.74, 6) is -4.28. The number of rotatable bonds is 4. The molecule has 3 aliphatic rings. The molecule has 0 aromatic rings. The number of thioether (sulfide) groups is 1. The van der Waals surface area contributed by atoms with Crippen molar-refractivity contribution >= 4 is 34.7 Å². The van der Waals surface area contributed by atoms with Gasteiger partial charge in [-0.1, -0.05) is 5.57 Å². The smallest absolute Gasteiger partial charge is 0.294 e. The molecule has 3 fully saturated rings. The zero-order valence-electron chi connectivity index (χ0n) is 15.3. The van der Waals surface area contributed by atoms with E-state index in [-0.39, 0.29) is 48.5 Å². The third kappa shape index (κ3) is 4.71. The van der Waals surface area contributed by atoms with Crippen LogP contribution in [0, 0.1) is 5.92 Å². The number of primary amides is 1. The summed E-state index contributed by atoms with van der Waals surface area (Å²) in [4.78, 5) is 49.2. The van der Waals surface area contributed by atoms with Gasteiger partial charge in [-0.3, -0.25) is 24.1 Å². The van der Waals surface area contributed by atoms with Gasteiger partial charge in [-0.25, -0.2) is 8.78 Å². The Kier molecular flexibility index (Phi) is 6.07. The zero-order valence-corrected chi connectivity index (χ0v) is 16.2. The lowest BCUT2D eigenvalue weighted by molar-refractivity contribution is -0.130. The quantitative estimate of drug-likeness (QED) is 0.685. The molecule has 10 heteroatoms. The fourth-order valence-corrected chi connectivity index (χ4v) is 4.81. The molecule has 0 atom stereocenters. The highest BCUT2D eigenvalue weighted by Gasteiger charge is 2.41. The van der Waals surface area contributed by atoms with Crippen LogP contribution in [-0.4, -0.2) is 46.4 Å². The number of hydrogen-bond donors (Lipinski definition) is 2. The molecule has 1 aliphatic heterocycles. The molecule has 28 heavy (non-hydrogen) atoms. The number of carbonyl (C=O) groups is 4. The lowest BCUT2D eigenvalue weighted by Gasteiger charge is -2.27. The fourth-order valence-electron chi connectivity index (χ4n) is 3.84. The van der Waals surface area contributed by atoms with Crippen LogP contribution in [0.15, 0.2) is 10.5 Å². The summed E-state index contributed by atoms with van der Waals surface area (Å²) in [6.45, 7) is -0.395. The van der Waals surface area contributed by atoms with Crippen LogP contribution in [0.2, 0.25) is 0 Å². The Hall–Kier alpha value is -1.97. The molecule has 154 valence electrons. The SMILES string of the molecule is NC(=O)C1CCC(NC(=O)CN2C(=O)SC(=C3CCC(F)(F)CC3)C2=O)CC1. The summed E-state index contributed by atoms with van der Waals surface area (Å²) in [6.07, 6.45) is 1.91. The average molecular weight is 415 g/mol. The van der Waals surface area contributed by atoms with Crippen molar-refractivity contribution in [3.63, 3.8) is 0 Å². The first-order valence-corrected chi connectivity index (χ1v) is 10.2. The minimum absolute atomic E-state index is 0.0808. The molecular weight excluding hydrogens is 392 g/mol. The normalized spacial score (nSPS) is 27.9. The number of nitrogens with zero attached hydrogens (tertiary/aromatic N) is 1. The maximum atomic E-state index is 13.3. The average Bonchev–Trinajstić information content (AvgIpc) is 2.90. The molecular formula is C18H23F2N3O4S. The lowest BCUT2D eigenvalue weighted by atomic mass is 9.85. The topological polar surface area (TPSA) is 110 Å². The highest BCUT2D eigenvalue weighted by atomic mass is 32.2. The summed E-state index contributed by atoms with van der Waals surface area (Å²) in [5, 5.41) is 2.23. The number of alkyl halides is 2. The van der Waals surface area contributed by atoms with Crippen LogP contribution in [0.4, 0.5) is 13.6 Å². The molecule has 2 aliphatic carbocycles. The number of allylic oxidation sites excluding steroid dienone is 1. The molecule has 3 rings (SSSR count). The second-order valence-corrected chi connectivity index (χ2v) is 8.53. The van der Waals surface area contributed by atoms with Gasteiger partial charge < -0.3 is 11.1 Å². The summed E-state index contributed by atoms with van der Waals surface area (Å²) >= 11 is 0.721. The van der Waals surface area contributed by atoms with E-state index in [2.05, 4.69) is 5.32 Å². The Balaban J connectivity index is 1.55. The zero-order chi connectivity index (χ0) is 20.5. The highest BCUT2D eigenvalue weighted by molar-refractivity contribution is 8.18. The largest absolute Gasteiger partial charge is 0.369 e. The first-order chi connectivity index (χ1) is 13.2. The van der Waals surface area contributed by atoms with E-state index < -0.39 is 29.5 Å². The van der Waals surface area contributed by atoms with Gasteiger partial charge in [-0.05, 0) is 50.3 Å². The van der Waals surface area contributed by atoms with Gasteiger partial charge >= 0.3 is 0 Å². The van der Waals surface area contributed by atoms with Gasteiger partial charge in [0.2, 0.25) is 17.7 Å². The van der Waals surface area contributed by atoms with Crippen LogP contribution >= 0.6 is 11.8 Å². The summed E-state index contributed by atoms with van der Waals surface area (Å²) < 4.78 is 26.6. The van der Waals surface area contributed by atoms with Crippen LogP contribution in [0.25, 0.3) is 0 Å². The van der Waals surface area contributed by atoms with Crippen molar-refractivity contribution in [1.82, 2.24) is 10.2 Å². The molecule has 0 spiro atoms. The molecule has 2 saturated carbocycles. The molecule has 0 unspecified atom stereocenters. The number of hydrogen-bond acceptors (Lipinski definition) is 5. The van der Waals surface area contributed by atoms with Gasteiger partial charge in [0.05, 0.1) is 4.91 Å². The fraction of sp³-hybridized carbons (Fsp3) is 0.667. The number of nitrogens with two attached hydrogens (primary N) is 1. The van der Waals surface area contributed by atoms with Crippen LogP contribution < -0.4 is 11.1 Å². The lowest BCUT2D eigenvalue weighted by Crippen LogP contribution is -2.45. The van der Waals surface area contributed by atoms with Crippen molar-refractivity contribution in [2.45, 2.75) is 63.3 Å². The molecule has 1 saturated heterocycles. The van der Waals surface area contributed by atoms with Gasteiger partial charge in [0.1, 0.15) is 6.54 Å². The van der Waals surface area contributed by atoms with Crippen molar-refractivity contribution in [2.24, 2.45) is 11.7 Å². The Labute approximate surface area is 165 Å². The van der Waals surface area contributed by atoms with Crippen molar-refractivity contribution in [3.05, 3.63) is 10.5 Å². The van der Waals surface area contributed by atoms with Crippen LogP contribution in [-0.2, 0) is 14.4 Å². The number of nitrogens with one attached hydrogen (secondary N) is 1. The summed E-state index contributed by atoms with van der Waals surface area (Å²) in [7, 11) is 0. The van der Waals surface area contributed by atoms with Crippen LogP contribution in [0.3, 0.4) is 0 Å². The van der Waals surface area contributed by atoms with Crippen molar-refractivity contribution < 1.29 is 28.0 Å². The molecule has 0 radical (unpaired) electrons. The molecule has 3 N–H and O–H groups in total. The number of carbonyl (C=O) groups excluding carboxylic acids is 4. The molecule has 7 nitrogen and oxygen atoms in total. The van der Waals surface area contributed by atoms with Crippen molar-refractivity contribution in [3.8, 4) is 0 Å². The standard InChI is InChI=1S/C18H23F2N3O4S/c19-18(20)7-5-10(6-8-18)14-16(26)23(17(27)28-14)9-13(24)22-12-3-1-11(2-4-12)15(21)25/h11-12H,1-9H2,(H2,21,25)(H,22,24). The minimum atomic E-state index is -2.73. The maximum absolute atomic E-state index is 13.3. The molecule has 4 amide bonds. The predicted molar refractivity (Wildman–Crippen MR) is 98.2 cm³/mol. The van der Waals surface area contributed by atoms with E-state index in [0.717, 1.165) is 16.7 Å². The minimum Gasteiger partial charge on any atom is -0.369 e. The number of imide groups is 1. The number of amides is 4. The van der Waals surface area contributed by atoms with Gasteiger partial charge in [-0.2, -0.15) is 0 Å². The third-order valence-corrected chi connectivity index (χ3v) is 6.61. The first kappa shape index (κ1) is 20.8. The van der Waals surface area contributed by atoms with Crippen molar-refractivity contribution in [2.75, 3.05) is 6.54 Å². The van der Waals surface area contributed by atoms with Gasteiger partial charge in [0.25, 0.3) is 11.1 Å². The van der Waals surface area contributed by atoms with Crippen LogP contribution in [0.1, 0.15) is 51.4 Å². The van der Waals surface area contributed by atoms with E-state index in [0.29, 0.717) is 31.3 Å². The second kappa shape index (κ2) is 8.18. The van der Waals surface area contributed by atoms with E-state index >= 15 is 0 Å². The van der Waals surface area contributed by atoms with Gasteiger partial charge in [-0.15, -0.1) is 0 Å². The third-order valence-electron chi connectivity index (χ3n) is 5.55. The van der Waals surface area contributed by atoms with E-state index in [1.54, 1.807) is 0 Å². The summed E-state index contributed by atoms with van der Waals surface area (Å²) in [5.41, 5.74) is 5.86. The van der Waals surface area contributed by atoms with E-state index in [4.69, 9.17) is 5.73 Å². The molecule has 0 aromatic carbocycles. The van der Waals surface area contributed by atoms with Gasteiger partial charge in [0, 0.05) is 24.8 Å². The Morgan fingerprint density at radius 3 is 2.32 bits per heavy atom. The van der Waals surface area contributed by atoms with Gasteiger partial charge in [0.15, 0.2) is 0 Å². The number of halogens is 2. The molecule has 0 bridgehead atoms. The predicted octanol–water partition coefficient (Wildman–Crippen LogP) is 2.31. The molecule has 1 heterocycles. The van der Waals surface area contributed by atoms with Crippen LogP contribution in [0.5, 0.6) is 0 Å². The second-order valence-electron chi connectivity index (χ2n) is 7.57. The summed E-state index contributed by atoms with van der Waals surface area (Å²) in [6, 6.07) is -0.123. The van der Waals surface area contributed by atoms with Crippen molar-refractivity contribution in [1.29, 1.82) is 0 Å². The Morgan fingerprint density at radius 2 is 1.75 bits per heavy atom. The maximum Gasteiger partial charge on any atom is 0.294 e. The monoisotopic (exact) mass is 415 g/mol.